The number of pyridine rings is 1. The molecule has 2 aromatic carbocycles. The van der Waals surface area contributed by atoms with Gasteiger partial charge in [-0.1, -0.05) is 11.6 Å². The molecule has 0 saturated heterocycles. The number of nitrogens with zero attached hydrogens (tertiary/aromatic N) is 1. The van der Waals surface area contributed by atoms with Crippen molar-refractivity contribution >= 4 is 34.9 Å². The van der Waals surface area contributed by atoms with E-state index in [0.717, 1.165) is 0 Å². The summed E-state index contributed by atoms with van der Waals surface area (Å²) in [6.07, 6.45) is 1.49. The fourth-order valence-corrected chi connectivity index (χ4v) is 3.77. The summed E-state index contributed by atoms with van der Waals surface area (Å²) in [5.41, 5.74) is 3.24. The Kier molecular flexibility index (Phi) is 8.75. The Morgan fingerprint density at radius 3 is 2.30 bits per heavy atom. The zero-order valence-corrected chi connectivity index (χ0v) is 22.4. The number of carbonyl (C=O) groups is 2. The van der Waals surface area contributed by atoms with Crippen molar-refractivity contribution in [2.24, 2.45) is 0 Å². The van der Waals surface area contributed by atoms with Crippen LogP contribution in [0.2, 0.25) is 5.02 Å². The van der Waals surface area contributed by atoms with E-state index in [-0.39, 0.29) is 0 Å². The summed E-state index contributed by atoms with van der Waals surface area (Å²) < 4.78 is 12.2. The van der Waals surface area contributed by atoms with Gasteiger partial charge in [-0.15, -0.1) is 0 Å². The summed E-state index contributed by atoms with van der Waals surface area (Å²) >= 11 is 6.20. The maximum Gasteiger partial charge on any atom is 0.338 e. The number of aromatic nitrogens is 1. The van der Waals surface area contributed by atoms with Gasteiger partial charge >= 0.3 is 5.97 Å². The number of anilines is 1. The van der Waals surface area contributed by atoms with Crippen molar-refractivity contribution in [1.82, 2.24) is 4.57 Å². The molecular weight excluding hydrogens is 498 g/mol. The Morgan fingerprint density at radius 2 is 1.70 bits per heavy atom. The molecule has 3 rings (SSSR count). The van der Waals surface area contributed by atoms with Gasteiger partial charge in [-0.3, -0.25) is 14.2 Å². The van der Waals surface area contributed by atoms with Crippen LogP contribution in [0.1, 0.15) is 44.1 Å². The van der Waals surface area contributed by atoms with Crippen molar-refractivity contribution in [2.75, 3.05) is 19.5 Å². The lowest BCUT2D eigenvalue weighted by atomic mass is 10.0. The maximum atomic E-state index is 13.1. The molecule has 3 N–H and O–H groups in total. The summed E-state index contributed by atoms with van der Waals surface area (Å²) in [4.78, 5) is 43.4. The molecule has 196 valence electrons. The maximum absolute atomic E-state index is 13.1. The van der Waals surface area contributed by atoms with Crippen LogP contribution < -0.4 is 21.1 Å². The third-order valence-corrected chi connectivity index (χ3v) is 5.63. The van der Waals surface area contributed by atoms with Gasteiger partial charge in [0, 0.05) is 28.4 Å². The topological polar surface area (TPSA) is 112 Å². The highest BCUT2D eigenvalue weighted by Crippen LogP contribution is 2.34. The number of nitrogens with two attached hydrogens (primary N) is 1. The van der Waals surface area contributed by atoms with Gasteiger partial charge in [-0.05, 0) is 64.1 Å². The number of carbonyl (C=O) groups excluding carboxylic acids is 2. The Morgan fingerprint density at radius 1 is 1.03 bits per heavy atom. The minimum absolute atomic E-state index is 0.364. The van der Waals surface area contributed by atoms with Gasteiger partial charge in [0.1, 0.15) is 17.4 Å². The molecule has 1 heterocycles. The van der Waals surface area contributed by atoms with Crippen LogP contribution in [0.25, 0.3) is 11.1 Å². The number of rotatable bonds is 8. The van der Waals surface area contributed by atoms with E-state index in [9.17, 15) is 14.4 Å². The lowest BCUT2D eigenvalue weighted by Crippen LogP contribution is -2.76. The first kappa shape index (κ1) is 27.9. The van der Waals surface area contributed by atoms with Crippen molar-refractivity contribution in [2.45, 2.75) is 39.3 Å². The molecule has 0 bridgehead atoms. The molecule has 0 spiro atoms. The van der Waals surface area contributed by atoms with Crippen molar-refractivity contribution < 1.29 is 29.4 Å². The predicted molar refractivity (Wildman–Crippen MR) is 141 cm³/mol. The van der Waals surface area contributed by atoms with Gasteiger partial charge in [0.05, 0.1) is 31.5 Å². The van der Waals surface area contributed by atoms with Crippen LogP contribution in [0, 0.1) is 0 Å². The summed E-state index contributed by atoms with van der Waals surface area (Å²) in [6.45, 7) is 6.97. The van der Waals surface area contributed by atoms with Crippen LogP contribution in [-0.2, 0) is 14.4 Å². The van der Waals surface area contributed by atoms with Gasteiger partial charge in [0.2, 0.25) is 5.91 Å². The predicted octanol–water partition coefficient (Wildman–Crippen LogP) is 4.09. The average Bonchev–Trinajstić information content (AvgIpc) is 2.84. The Hall–Kier alpha value is -3.66. The molecule has 1 atom stereocenters. The quantitative estimate of drug-likeness (QED) is 0.259. The van der Waals surface area contributed by atoms with Crippen molar-refractivity contribution in [1.29, 1.82) is 0 Å². The van der Waals surface area contributed by atoms with Crippen molar-refractivity contribution in [3.8, 4) is 16.9 Å². The highest BCUT2D eigenvalue weighted by Gasteiger charge is 2.22. The summed E-state index contributed by atoms with van der Waals surface area (Å²) in [5.74, 6) is -0.490. The number of methoxy groups -OCH3 is 1. The van der Waals surface area contributed by atoms with E-state index in [2.05, 4.69) is 5.32 Å². The molecule has 0 radical (unpaired) electrons. The normalized spacial score (nSPS) is 12.1. The highest BCUT2D eigenvalue weighted by molar-refractivity contribution is 6.31. The fraction of sp³-hybridized carbons (Fsp3) is 0.296. The van der Waals surface area contributed by atoms with Gasteiger partial charge in [0.25, 0.3) is 5.56 Å². The molecular formula is C27H31ClN3O6+. The molecule has 0 fully saturated rings. The van der Waals surface area contributed by atoms with E-state index in [1.165, 1.54) is 31.0 Å². The van der Waals surface area contributed by atoms with Crippen LogP contribution in [0.15, 0.2) is 59.5 Å². The number of nitrogens with one attached hydrogen (secondary N) is 1. The summed E-state index contributed by atoms with van der Waals surface area (Å²) in [6, 6.07) is 12.1. The number of quaternary nitrogens is 1. The monoisotopic (exact) mass is 528 g/mol. The first-order chi connectivity index (χ1) is 17.4. The van der Waals surface area contributed by atoms with Crippen LogP contribution in [0.3, 0.4) is 0 Å². The second-order valence-corrected chi connectivity index (χ2v) is 9.77. The van der Waals surface area contributed by atoms with Gasteiger partial charge < -0.3 is 14.8 Å². The molecule has 3 aromatic rings. The van der Waals surface area contributed by atoms with E-state index in [1.54, 1.807) is 75.6 Å². The number of hydrogen-bond acceptors (Lipinski definition) is 6. The zero-order chi connectivity index (χ0) is 27.3. The van der Waals surface area contributed by atoms with Gasteiger partial charge in [-0.2, -0.15) is 5.48 Å². The lowest BCUT2D eigenvalue weighted by Gasteiger charge is -2.20. The smallest absolute Gasteiger partial charge is 0.338 e. The highest BCUT2D eigenvalue weighted by atomic mass is 35.5. The molecule has 37 heavy (non-hydrogen) atoms. The van der Waals surface area contributed by atoms with E-state index in [1.807, 2.05) is 0 Å². The van der Waals surface area contributed by atoms with E-state index in [0.29, 0.717) is 38.8 Å². The summed E-state index contributed by atoms with van der Waals surface area (Å²) in [5, 5.41) is 3.25. The first-order valence-corrected chi connectivity index (χ1v) is 11.9. The average molecular weight is 529 g/mol. The van der Waals surface area contributed by atoms with E-state index < -0.39 is 29.1 Å². The minimum Gasteiger partial charge on any atom is -0.495 e. The van der Waals surface area contributed by atoms with E-state index in [4.69, 9.17) is 25.9 Å². The Labute approximate surface area is 220 Å². The molecule has 1 unspecified atom stereocenters. The zero-order valence-electron chi connectivity index (χ0n) is 21.6. The number of halogens is 1. The molecule has 0 aliphatic rings. The number of esters is 1. The second-order valence-electron chi connectivity index (χ2n) is 9.33. The molecule has 0 aliphatic heterocycles. The molecule has 10 heteroatoms. The Balaban J connectivity index is 1.84. The van der Waals surface area contributed by atoms with Gasteiger partial charge in [-0.25, -0.2) is 9.63 Å². The lowest BCUT2D eigenvalue weighted by molar-refractivity contribution is -0.829. The third-order valence-electron chi connectivity index (χ3n) is 5.40. The standard InChI is InChI=1S/C27H30ClN3O6/c1-16(25(33)29-19-10-7-17(8-11-19)26(34)37-27(2,3)4)31-15-23(35-5)21(14-24(31)32)20-13-18(28)9-12-22(20)30-36-6/h7-16,30H,1-6H3,(H,29,33)/p+1. The van der Waals surface area contributed by atoms with Crippen LogP contribution in [-0.4, -0.2) is 36.3 Å². The Bertz CT molecular complexity index is 1350. The molecule has 0 saturated carbocycles. The van der Waals surface area contributed by atoms with Crippen LogP contribution in [0.4, 0.5) is 11.4 Å². The van der Waals surface area contributed by atoms with Crippen LogP contribution >= 0.6 is 11.6 Å². The van der Waals surface area contributed by atoms with E-state index >= 15 is 0 Å². The first-order valence-electron chi connectivity index (χ1n) is 11.5. The number of hydrogen-bond donors (Lipinski definition) is 2. The van der Waals surface area contributed by atoms with Crippen molar-refractivity contribution in [3.63, 3.8) is 0 Å². The van der Waals surface area contributed by atoms with Gasteiger partial charge in [0.15, 0.2) is 5.69 Å². The molecule has 9 nitrogen and oxygen atoms in total. The number of ether oxygens (including phenoxy) is 2. The fourth-order valence-electron chi connectivity index (χ4n) is 3.60. The number of benzene rings is 2. The molecule has 0 aliphatic carbocycles. The third kappa shape index (κ3) is 6.97. The SMILES string of the molecule is CO[NH2+]c1ccc(Cl)cc1-c1cc(=O)n(C(C)C(=O)Nc2ccc(C(=O)OC(C)(C)C)cc2)cc1OC. The van der Waals surface area contributed by atoms with Crippen molar-refractivity contribution in [3.05, 3.63) is 75.7 Å². The van der Waals surface area contributed by atoms with Crippen LogP contribution in [0.5, 0.6) is 5.75 Å². The largest absolute Gasteiger partial charge is 0.495 e. The number of amides is 1. The second kappa shape index (κ2) is 11.6. The minimum atomic E-state index is -0.856. The summed E-state index contributed by atoms with van der Waals surface area (Å²) in [7, 11) is 3.01. The molecule has 1 amide bonds. The molecule has 1 aromatic heterocycles.